The molecule has 3 heterocycles. The van der Waals surface area contributed by atoms with E-state index in [1.165, 1.54) is 0 Å². The number of hydrogen-bond donors (Lipinski definition) is 2. The van der Waals surface area contributed by atoms with Crippen molar-refractivity contribution in [3.8, 4) is 0 Å². The van der Waals surface area contributed by atoms with Crippen LogP contribution >= 0.6 is 11.6 Å². The lowest BCUT2D eigenvalue weighted by Crippen LogP contribution is -2.55. The molecule has 0 spiro atoms. The summed E-state index contributed by atoms with van der Waals surface area (Å²) in [5.41, 5.74) is 0. The summed E-state index contributed by atoms with van der Waals surface area (Å²) >= 11 is 5.84. The van der Waals surface area contributed by atoms with Crippen molar-refractivity contribution in [3.05, 3.63) is 23.4 Å². The van der Waals surface area contributed by atoms with Crippen molar-refractivity contribution in [1.82, 2.24) is 20.5 Å². The Labute approximate surface area is 144 Å². The van der Waals surface area contributed by atoms with Gasteiger partial charge in [-0.3, -0.25) is 14.9 Å². The largest absolute Gasteiger partial charge is 0.353 e. The lowest BCUT2D eigenvalue weighted by Gasteiger charge is -2.36. The molecule has 4 amide bonds. The number of nitrogens with one attached hydrogen (secondary N) is 2. The number of imide groups is 1. The van der Waals surface area contributed by atoms with E-state index in [1.54, 1.807) is 17.2 Å². The second-order valence-corrected chi connectivity index (χ2v) is 6.20. The Morgan fingerprint density at radius 3 is 2.62 bits per heavy atom. The zero-order valence-corrected chi connectivity index (χ0v) is 13.8. The molecule has 128 valence electrons. The van der Waals surface area contributed by atoms with Gasteiger partial charge in [0, 0.05) is 38.8 Å². The van der Waals surface area contributed by atoms with E-state index in [9.17, 15) is 14.4 Å². The van der Waals surface area contributed by atoms with Gasteiger partial charge in [0.05, 0.1) is 5.02 Å². The van der Waals surface area contributed by atoms with E-state index < -0.39 is 12.1 Å². The number of urea groups is 1. The molecule has 8 nitrogen and oxygen atoms in total. The van der Waals surface area contributed by atoms with E-state index in [2.05, 4.69) is 20.5 Å². The lowest BCUT2D eigenvalue weighted by atomic mass is 10.1. The lowest BCUT2D eigenvalue weighted by molar-refractivity contribution is -0.133. The van der Waals surface area contributed by atoms with Crippen molar-refractivity contribution in [1.29, 1.82) is 0 Å². The van der Waals surface area contributed by atoms with Crippen LogP contribution in [0.2, 0.25) is 5.02 Å². The molecule has 0 aliphatic carbocycles. The zero-order valence-electron chi connectivity index (χ0n) is 13.0. The van der Waals surface area contributed by atoms with Gasteiger partial charge in [0.2, 0.25) is 11.8 Å². The van der Waals surface area contributed by atoms with Gasteiger partial charge >= 0.3 is 6.03 Å². The second kappa shape index (κ2) is 7.04. The summed E-state index contributed by atoms with van der Waals surface area (Å²) in [6.07, 6.45) is 2.07. The van der Waals surface area contributed by atoms with E-state index in [1.807, 2.05) is 6.07 Å². The minimum Gasteiger partial charge on any atom is -0.353 e. The highest BCUT2D eigenvalue weighted by Crippen LogP contribution is 2.17. The Bertz CT molecular complexity index is 643. The molecule has 2 aliphatic heterocycles. The number of hydrogen-bond acceptors (Lipinski definition) is 5. The van der Waals surface area contributed by atoms with E-state index in [4.69, 9.17) is 11.6 Å². The zero-order chi connectivity index (χ0) is 17.1. The van der Waals surface area contributed by atoms with Crippen molar-refractivity contribution >= 4 is 35.3 Å². The van der Waals surface area contributed by atoms with Gasteiger partial charge in [-0.15, -0.1) is 0 Å². The number of carbonyl (C=O) groups is 3. The van der Waals surface area contributed by atoms with Gasteiger partial charge in [0.1, 0.15) is 11.9 Å². The van der Waals surface area contributed by atoms with E-state index in [0.717, 1.165) is 5.82 Å². The molecule has 2 saturated heterocycles. The fourth-order valence-corrected chi connectivity index (χ4v) is 2.96. The molecule has 9 heteroatoms. The molecular weight excluding hydrogens is 334 g/mol. The molecule has 2 N–H and O–H groups in total. The van der Waals surface area contributed by atoms with Crippen LogP contribution in [-0.2, 0) is 9.59 Å². The number of nitrogens with zero attached hydrogens (tertiary/aromatic N) is 3. The smallest absolute Gasteiger partial charge is 0.322 e. The normalized spacial score (nSPS) is 21.8. The molecule has 0 saturated carbocycles. The van der Waals surface area contributed by atoms with Gasteiger partial charge in [-0.25, -0.2) is 9.78 Å². The van der Waals surface area contributed by atoms with Gasteiger partial charge in [-0.1, -0.05) is 11.6 Å². The third-order valence-corrected chi connectivity index (χ3v) is 4.37. The van der Waals surface area contributed by atoms with Crippen molar-refractivity contribution < 1.29 is 14.4 Å². The number of piperazine rings is 1. The Hall–Kier alpha value is -2.35. The highest BCUT2D eigenvalue weighted by molar-refractivity contribution is 6.30. The summed E-state index contributed by atoms with van der Waals surface area (Å²) in [6.45, 7) is 2.38. The maximum absolute atomic E-state index is 12.6. The molecular formula is C15H18ClN5O3. The molecule has 1 aromatic rings. The van der Waals surface area contributed by atoms with Crippen molar-refractivity contribution in [2.75, 3.05) is 31.1 Å². The summed E-state index contributed by atoms with van der Waals surface area (Å²) in [6, 6.07) is 2.37. The predicted octanol–water partition coefficient (Wildman–Crippen LogP) is 0.372. The molecule has 0 aromatic carbocycles. The van der Waals surface area contributed by atoms with Crippen LogP contribution in [0, 0.1) is 0 Å². The quantitative estimate of drug-likeness (QED) is 0.803. The first-order valence-electron chi connectivity index (χ1n) is 7.78. The number of anilines is 1. The molecule has 0 radical (unpaired) electrons. The summed E-state index contributed by atoms with van der Waals surface area (Å²) < 4.78 is 0. The van der Waals surface area contributed by atoms with Crippen LogP contribution in [0.3, 0.4) is 0 Å². The third kappa shape index (κ3) is 3.76. The van der Waals surface area contributed by atoms with Gasteiger partial charge in [0.15, 0.2) is 0 Å². The standard InChI is InChI=1S/C15H18ClN5O3/c16-10-1-3-12(17-9-10)20-5-7-21(8-6-20)14(23)11-2-4-13(22)19-15(24)18-11/h1,3,9,11H,2,4-8H2,(H2,18,19,22,24)/t11-/m1/s1. The van der Waals surface area contributed by atoms with Crippen LogP contribution < -0.4 is 15.5 Å². The maximum atomic E-state index is 12.6. The summed E-state index contributed by atoms with van der Waals surface area (Å²) in [5, 5.41) is 5.31. The van der Waals surface area contributed by atoms with Gasteiger partial charge in [-0.05, 0) is 18.6 Å². The Morgan fingerprint density at radius 2 is 1.96 bits per heavy atom. The average Bonchev–Trinajstić information content (AvgIpc) is 2.75. The van der Waals surface area contributed by atoms with E-state index in [0.29, 0.717) is 37.6 Å². The first-order chi connectivity index (χ1) is 11.5. The minimum absolute atomic E-state index is 0.149. The molecule has 2 aliphatic rings. The van der Waals surface area contributed by atoms with Crippen LogP contribution in [-0.4, -0.2) is 60.0 Å². The Balaban J connectivity index is 1.57. The van der Waals surface area contributed by atoms with Crippen molar-refractivity contribution in [2.24, 2.45) is 0 Å². The first kappa shape index (κ1) is 16.5. The highest BCUT2D eigenvalue weighted by atomic mass is 35.5. The Morgan fingerprint density at radius 1 is 1.21 bits per heavy atom. The first-order valence-corrected chi connectivity index (χ1v) is 8.16. The molecule has 2 fully saturated rings. The number of carbonyl (C=O) groups excluding carboxylic acids is 3. The molecule has 24 heavy (non-hydrogen) atoms. The van der Waals surface area contributed by atoms with Crippen LogP contribution in [0.1, 0.15) is 12.8 Å². The van der Waals surface area contributed by atoms with E-state index in [-0.39, 0.29) is 18.2 Å². The average molecular weight is 352 g/mol. The number of rotatable bonds is 2. The van der Waals surface area contributed by atoms with Crippen LogP contribution in [0.25, 0.3) is 0 Å². The predicted molar refractivity (Wildman–Crippen MR) is 87.7 cm³/mol. The molecule has 0 bridgehead atoms. The third-order valence-electron chi connectivity index (χ3n) is 4.14. The molecule has 0 unspecified atom stereocenters. The monoisotopic (exact) mass is 351 g/mol. The molecule has 1 atom stereocenters. The molecule has 3 rings (SSSR count). The Kier molecular flexibility index (Phi) is 4.84. The van der Waals surface area contributed by atoms with E-state index >= 15 is 0 Å². The SMILES string of the molecule is O=C1CC[C@H](C(=O)N2CCN(c3ccc(Cl)cn3)CC2)NC(=O)N1. The minimum atomic E-state index is -0.656. The molecule has 1 aromatic heterocycles. The van der Waals surface area contributed by atoms with Crippen LogP contribution in [0.4, 0.5) is 10.6 Å². The van der Waals surface area contributed by atoms with Crippen molar-refractivity contribution in [2.45, 2.75) is 18.9 Å². The summed E-state index contributed by atoms with van der Waals surface area (Å²) in [7, 11) is 0. The van der Waals surface area contributed by atoms with Crippen LogP contribution in [0.5, 0.6) is 0 Å². The summed E-state index contributed by atoms with van der Waals surface area (Å²) in [4.78, 5) is 43.5. The van der Waals surface area contributed by atoms with Crippen molar-refractivity contribution in [3.63, 3.8) is 0 Å². The van der Waals surface area contributed by atoms with Gasteiger partial charge < -0.3 is 15.1 Å². The van der Waals surface area contributed by atoms with Gasteiger partial charge in [0.25, 0.3) is 0 Å². The number of aromatic nitrogens is 1. The number of amides is 4. The van der Waals surface area contributed by atoms with Crippen LogP contribution in [0.15, 0.2) is 18.3 Å². The summed E-state index contributed by atoms with van der Waals surface area (Å²) in [5.74, 6) is 0.314. The number of halogens is 1. The fourth-order valence-electron chi connectivity index (χ4n) is 2.85. The second-order valence-electron chi connectivity index (χ2n) is 5.76. The topological polar surface area (TPSA) is 94.6 Å². The number of pyridine rings is 1. The fraction of sp³-hybridized carbons (Fsp3) is 0.467. The maximum Gasteiger partial charge on any atom is 0.322 e. The van der Waals surface area contributed by atoms with Gasteiger partial charge in [-0.2, -0.15) is 0 Å². The highest BCUT2D eigenvalue weighted by Gasteiger charge is 2.31.